The zero-order chi connectivity index (χ0) is 13.5. The molecule has 0 spiro atoms. The van der Waals surface area contributed by atoms with Crippen molar-refractivity contribution in [3.8, 4) is 6.07 Å². The van der Waals surface area contributed by atoms with Gasteiger partial charge in [0.25, 0.3) is 0 Å². The van der Waals surface area contributed by atoms with Crippen LogP contribution in [-0.4, -0.2) is 23.4 Å². The normalized spacial score (nSPS) is 40.6. The molecule has 0 aromatic rings. The van der Waals surface area contributed by atoms with E-state index in [1.54, 1.807) is 0 Å². The number of likely N-dealkylation sites (tertiary alicyclic amines) is 1. The van der Waals surface area contributed by atoms with Crippen LogP contribution in [0.15, 0.2) is 0 Å². The highest BCUT2D eigenvalue weighted by atomic mass is 16.2. The van der Waals surface area contributed by atoms with Crippen molar-refractivity contribution in [3.63, 3.8) is 0 Å². The van der Waals surface area contributed by atoms with E-state index in [1.807, 2.05) is 4.90 Å². The first-order chi connectivity index (χ1) is 9.06. The van der Waals surface area contributed by atoms with Crippen LogP contribution in [0.4, 0.5) is 0 Å². The summed E-state index contributed by atoms with van der Waals surface area (Å²) in [4.78, 5) is 14.1. The van der Waals surface area contributed by atoms with Crippen LogP contribution in [0.1, 0.15) is 64.7 Å². The Hall–Kier alpha value is -1.04. The Kier molecular flexibility index (Phi) is 3.08. The first-order valence-corrected chi connectivity index (χ1v) is 7.75. The maximum absolute atomic E-state index is 12.3. The van der Waals surface area contributed by atoms with Gasteiger partial charge in [-0.1, -0.05) is 6.92 Å². The Bertz CT molecular complexity index is 415. The lowest BCUT2D eigenvalue weighted by Gasteiger charge is -2.28. The molecule has 2 aliphatic carbocycles. The monoisotopic (exact) mass is 260 g/mol. The van der Waals surface area contributed by atoms with Crippen molar-refractivity contribution in [1.29, 1.82) is 5.26 Å². The summed E-state index contributed by atoms with van der Waals surface area (Å²) < 4.78 is 0. The molecule has 2 bridgehead atoms. The lowest BCUT2D eigenvalue weighted by molar-refractivity contribution is -0.131. The Balaban J connectivity index is 1.56. The quantitative estimate of drug-likeness (QED) is 0.781. The lowest BCUT2D eigenvalue weighted by atomic mass is 9.79. The van der Waals surface area contributed by atoms with Crippen LogP contribution in [0.2, 0.25) is 0 Å². The molecule has 1 atom stereocenters. The molecule has 2 saturated carbocycles. The summed E-state index contributed by atoms with van der Waals surface area (Å²) in [5.41, 5.74) is 1.04. The van der Waals surface area contributed by atoms with Crippen LogP contribution in [0.25, 0.3) is 0 Å². The van der Waals surface area contributed by atoms with Gasteiger partial charge in [0.15, 0.2) is 0 Å². The molecule has 3 fully saturated rings. The second-order valence-corrected chi connectivity index (χ2v) is 7.36. The molecule has 1 amide bonds. The van der Waals surface area contributed by atoms with Crippen LogP contribution in [-0.2, 0) is 4.79 Å². The molecule has 1 aliphatic heterocycles. The number of hydrogen-bond acceptors (Lipinski definition) is 2. The van der Waals surface area contributed by atoms with Gasteiger partial charge in [0.05, 0.1) is 6.07 Å². The molecule has 0 aromatic carbocycles. The summed E-state index contributed by atoms with van der Waals surface area (Å²) >= 11 is 0. The van der Waals surface area contributed by atoms with E-state index in [2.05, 4.69) is 13.0 Å². The highest BCUT2D eigenvalue weighted by molar-refractivity contribution is 5.77. The molecule has 1 unspecified atom stereocenters. The largest absolute Gasteiger partial charge is 0.327 e. The smallest absolute Gasteiger partial charge is 0.223 e. The number of fused-ring (bicyclic) bond motifs is 2. The molecular weight excluding hydrogens is 236 g/mol. The van der Waals surface area contributed by atoms with Gasteiger partial charge in [-0.2, -0.15) is 5.26 Å². The van der Waals surface area contributed by atoms with Crippen LogP contribution >= 0.6 is 0 Å². The van der Waals surface area contributed by atoms with E-state index in [4.69, 9.17) is 5.26 Å². The summed E-state index contributed by atoms with van der Waals surface area (Å²) in [5, 5.41) is 9.06. The zero-order valence-corrected chi connectivity index (χ0v) is 12.0. The van der Waals surface area contributed by atoms with Gasteiger partial charge in [-0.15, -0.1) is 0 Å². The third kappa shape index (κ3) is 2.26. The fourth-order valence-corrected chi connectivity index (χ4v) is 4.70. The third-order valence-electron chi connectivity index (χ3n) is 5.91. The number of carbonyl (C=O) groups excluding carboxylic acids is 1. The molecule has 19 heavy (non-hydrogen) atoms. The van der Waals surface area contributed by atoms with Crippen molar-refractivity contribution in [1.82, 2.24) is 4.90 Å². The summed E-state index contributed by atoms with van der Waals surface area (Å²) in [6.45, 7) is 3.21. The van der Waals surface area contributed by atoms with Gasteiger partial charge >= 0.3 is 0 Å². The second kappa shape index (κ2) is 4.51. The van der Waals surface area contributed by atoms with Crippen LogP contribution in [0.5, 0.6) is 0 Å². The maximum Gasteiger partial charge on any atom is 0.223 e. The van der Waals surface area contributed by atoms with Crippen molar-refractivity contribution in [2.45, 2.75) is 70.8 Å². The van der Waals surface area contributed by atoms with Gasteiger partial charge in [-0.05, 0) is 62.2 Å². The second-order valence-electron chi connectivity index (χ2n) is 7.36. The highest BCUT2D eigenvalue weighted by Crippen LogP contribution is 2.63. The van der Waals surface area contributed by atoms with E-state index in [0.29, 0.717) is 17.3 Å². The molecule has 1 heterocycles. The molecule has 1 saturated heterocycles. The molecule has 3 rings (SSSR count). The van der Waals surface area contributed by atoms with E-state index in [1.165, 1.54) is 32.1 Å². The van der Waals surface area contributed by atoms with E-state index in [9.17, 15) is 4.79 Å². The number of hydrogen-bond donors (Lipinski definition) is 0. The van der Waals surface area contributed by atoms with Crippen molar-refractivity contribution in [3.05, 3.63) is 0 Å². The summed E-state index contributed by atoms with van der Waals surface area (Å²) in [7, 11) is 0. The molecule has 0 aromatic heterocycles. The predicted molar refractivity (Wildman–Crippen MR) is 73.2 cm³/mol. The molecule has 0 radical (unpaired) electrons. The number of nitriles is 1. The Morgan fingerprint density at radius 3 is 2.68 bits per heavy atom. The maximum atomic E-state index is 12.3. The highest BCUT2D eigenvalue weighted by Gasteiger charge is 2.51. The number of amides is 1. The van der Waals surface area contributed by atoms with Crippen molar-refractivity contribution in [2.75, 3.05) is 6.54 Å². The molecule has 104 valence electrons. The van der Waals surface area contributed by atoms with Crippen LogP contribution in [0.3, 0.4) is 0 Å². The Morgan fingerprint density at radius 1 is 1.37 bits per heavy atom. The van der Waals surface area contributed by atoms with Gasteiger partial charge in [-0.3, -0.25) is 4.79 Å². The van der Waals surface area contributed by atoms with Gasteiger partial charge in [-0.25, -0.2) is 0 Å². The average Bonchev–Trinajstić information content (AvgIpc) is 3.07. The molecule has 3 nitrogen and oxygen atoms in total. The minimum atomic E-state index is -0.151. The van der Waals surface area contributed by atoms with Crippen LogP contribution < -0.4 is 0 Å². The lowest BCUT2D eigenvalue weighted by Crippen LogP contribution is -2.35. The van der Waals surface area contributed by atoms with E-state index in [0.717, 1.165) is 25.8 Å². The molecule has 3 heteroatoms. The minimum absolute atomic E-state index is 0.151. The first-order valence-electron chi connectivity index (χ1n) is 7.75. The van der Waals surface area contributed by atoms with E-state index >= 15 is 0 Å². The molecule has 3 aliphatic rings. The van der Waals surface area contributed by atoms with Crippen molar-refractivity contribution < 1.29 is 4.79 Å². The van der Waals surface area contributed by atoms with Crippen molar-refractivity contribution >= 4 is 5.91 Å². The van der Waals surface area contributed by atoms with Crippen molar-refractivity contribution in [2.24, 2.45) is 10.8 Å². The summed E-state index contributed by atoms with van der Waals surface area (Å²) in [6, 6.07) is 2.12. The number of nitrogens with zero attached hydrogens (tertiary/aromatic N) is 2. The van der Waals surface area contributed by atoms with Gasteiger partial charge in [0.2, 0.25) is 5.91 Å². The Morgan fingerprint density at radius 2 is 2.11 bits per heavy atom. The zero-order valence-electron chi connectivity index (χ0n) is 12.0. The topological polar surface area (TPSA) is 44.1 Å². The van der Waals surface area contributed by atoms with E-state index < -0.39 is 0 Å². The standard InChI is InChI=1S/C16H24N2O/c1-15-6-8-16(12-15,9-7-15)5-4-14(19)18-10-2-3-13(18)11-17/h13H,2-10,12H2,1H3. The fourth-order valence-electron chi connectivity index (χ4n) is 4.70. The SMILES string of the molecule is CC12CCC(CCC(=O)N3CCCC3C#N)(CC1)C2. The summed E-state index contributed by atoms with van der Waals surface area (Å²) in [5.74, 6) is 0.221. The average molecular weight is 260 g/mol. The number of carbonyl (C=O) groups is 1. The number of rotatable bonds is 3. The minimum Gasteiger partial charge on any atom is -0.327 e. The van der Waals surface area contributed by atoms with E-state index in [-0.39, 0.29) is 11.9 Å². The molecular formula is C16H24N2O. The molecule has 0 N–H and O–H groups in total. The Labute approximate surface area is 116 Å². The predicted octanol–water partition coefficient (Wildman–Crippen LogP) is 3.25. The van der Waals surface area contributed by atoms with Crippen LogP contribution in [0, 0.1) is 22.2 Å². The van der Waals surface area contributed by atoms with Gasteiger partial charge in [0.1, 0.15) is 6.04 Å². The van der Waals surface area contributed by atoms with Gasteiger partial charge in [0, 0.05) is 13.0 Å². The summed E-state index contributed by atoms with van der Waals surface area (Å²) in [6.07, 6.45) is 10.2. The first kappa shape index (κ1) is 13.0. The van der Waals surface area contributed by atoms with Gasteiger partial charge < -0.3 is 4.90 Å². The third-order valence-corrected chi connectivity index (χ3v) is 5.91. The fraction of sp³-hybridized carbons (Fsp3) is 0.875.